The van der Waals surface area contributed by atoms with Gasteiger partial charge >= 0.3 is 0 Å². The van der Waals surface area contributed by atoms with E-state index in [0.29, 0.717) is 0 Å². The summed E-state index contributed by atoms with van der Waals surface area (Å²) >= 11 is 7.53. The number of nitrogens with one attached hydrogen (secondary N) is 1. The van der Waals surface area contributed by atoms with Gasteiger partial charge in [-0.3, -0.25) is 0 Å². The zero-order chi connectivity index (χ0) is 12.5. The number of aryl methyl sites for hydroxylation is 1. The van der Waals surface area contributed by atoms with Crippen LogP contribution in [-0.2, 0) is 19.5 Å². The molecule has 0 saturated carbocycles. The highest BCUT2D eigenvalue weighted by Crippen LogP contribution is 2.23. The first-order valence-corrected chi connectivity index (χ1v) is 7.33. The van der Waals surface area contributed by atoms with Gasteiger partial charge in [0.25, 0.3) is 0 Å². The molecule has 4 nitrogen and oxygen atoms in total. The normalized spacial score (nSPS) is 15.9. The monoisotopic (exact) mass is 282 g/mol. The van der Waals surface area contributed by atoms with Crippen LogP contribution in [0, 0.1) is 0 Å². The summed E-state index contributed by atoms with van der Waals surface area (Å²) in [6.45, 7) is 4.00. The van der Waals surface area contributed by atoms with E-state index in [4.69, 9.17) is 11.6 Å². The molecule has 0 fully saturated rings. The van der Waals surface area contributed by atoms with Crippen molar-refractivity contribution < 1.29 is 0 Å². The van der Waals surface area contributed by atoms with E-state index in [1.807, 2.05) is 6.07 Å². The Labute approximate surface area is 115 Å². The summed E-state index contributed by atoms with van der Waals surface area (Å²) < 4.78 is 3.07. The van der Waals surface area contributed by atoms with Crippen LogP contribution in [0.5, 0.6) is 0 Å². The first kappa shape index (κ1) is 12.1. The van der Waals surface area contributed by atoms with E-state index in [9.17, 15) is 0 Å². The second-order valence-electron chi connectivity index (χ2n) is 4.54. The molecule has 0 spiro atoms. The van der Waals surface area contributed by atoms with Crippen molar-refractivity contribution in [1.82, 2.24) is 20.1 Å². The molecule has 2 aromatic rings. The average molecular weight is 283 g/mol. The lowest BCUT2D eigenvalue weighted by atomic mass is 10.3. The van der Waals surface area contributed by atoms with Crippen LogP contribution < -0.4 is 5.32 Å². The zero-order valence-corrected chi connectivity index (χ0v) is 11.8. The molecule has 0 bridgehead atoms. The second kappa shape index (κ2) is 4.99. The first-order valence-electron chi connectivity index (χ1n) is 6.13. The van der Waals surface area contributed by atoms with Crippen molar-refractivity contribution in [3.63, 3.8) is 0 Å². The third-order valence-corrected chi connectivity index (χ3v) is 4.47. The van der Waals surface area contributed by atoms with Crippen LogP contribution >= 0.6 is 22.9 Å². The number of thiophene rings is 1. The number of hydrogen-bond acceptors (Lipinski definition) is 4. The Morgan fingerprint density at radius 2 is 2.39 bits per heavy atom. The molecule has 0 saturated heterocycles. The van der Waals surface area contributed by atoms with E-state index in [1.54, 1.807) is 11.3 Å². The van der Waals surface area contributed by atoms with Crippen LogP contribution in [0.1, 0.15) is 35.9 Å². The van der Waals surface area contributed by atoms with Gasteiger partial charge in [-0.25, -0.2) is 0 Å². The van der Waals surface area contributed by atoms with Gasteiger partial charge in [0.2, 0.25) is 0 Å². The molecule has 1 unspecified atom stereocenters. The van der Waals surface area contributed by atoms with Gasteiger partial charge in [0.15, 0.2) is 0 Å². The summed E-state index contributed by atoms with van der Waals surface area (Å²) in [7, 11) is 0. The Kier molecular flexibility index (Phi) is 3.37. The summed E-state index contributed by atoms with van der Waals surface area (Å²) in [5, 5.41) is 12.0. The average Bonchev–Trinajstić information content (AvgIpc) is 3.01. The molecule has 6 heteroatoms. The molecule has 1 N–H and O–H groups in total. The molecule has 2 aromatic heterocycles. The molecule has 96 valence electrons. The minimum absolute atomic E-state index is 0.213. The fourth-order valence-corrected chi connectivity index (χ4v) is 3.32. The summed E-state index contributed by atoms with van der Waals surface area (Å²) in [6.07, 6.45) is 2.24. The van der Waals surface area contributed by atoms with E-state index in [1.165, 1.54) is 11.3 Å². The van der Waals surface area contributed by atoms with E-state index < -0.39 is 0 Å². The van der Waals surface area contributed by atoms with Crippen molar-refractivity contribution in [3.8, 4) is 0 Å². The van der Waals surface area contributed by atoms with Gasteiger partial charge in [0, 0.05) is 24.4 Å². The number of halogens is 1. The topological polar surface area (TPSA) is 42.7 Å². The molecule has 0 radical (unpaired) electrons. The largest absolute Gasteiger partial charge is 0.314 e. The van der Waals surface area contributed by atoms with E-state index in [2.05, 4.69) is 33.1 Å². The molecule has 0 aliphatic carbocycles. The fraction of sp³-hybridized carbons (Fsp3) is 0.500. The Bertz CT molecular complexity index is 548. The lowest BCUT2D eigenvalue weighted by Crippen LogP contribution is -2.21. The van der Waals surface area contributed by atoms with Crippen molar-refractivity contribution in [2.24, 2.45) is 0 Å². The van der Waals surface area contributed by atoms with Gasteiger partial charge in [-0.1, -0.05) is 11.6 Å². The van der Waals surface area contributed by atoms with Gasteiger partial charge in [0.05, 0.1) is 10.4 Å². The summed E-state index contributed by atoms with van der Waals surface area (Å²) in [4.78, 5) is 1.24. The number of nitrogens with zero attached hydrogens (tertiary/aromatic N) is 3. The predicted molar refractivity (Wildman–Crippen MR) is 72.9 cm³/mol. The van der Waals surface area contributed by atoms with Gasteiger partial charge in [0.1, 0.15) is 11.6 Å². The van der Waals surface area contributed by atoms with Crippen molar-refractivity contribution in [2.75, 3.05) is 0 Å². The van der Waals surface area contributed by atoms with Gasteiger partial charge < -0.3 is 9.88 Å². The lowest BCUT2D eigenvalue weighted by molar-refractivity contribution is 0.518. The SMILES string of the molecule is CC(NCc1ccc(Cl)s1)c1nnc2n1CCC2. The smallest absolute Gasteiger partial charge is 0.149 e. The number of aromatic nitrogens is 3. The van der Waals surface area contributed by atoms with Crippen LogP contribution in [0.4, 0.5) is 0 Å². The minimum Gasteiger partial charge on any atom is -0.314 e. The van der Waals surface area contributed by atoms with E-state index in [-0.39, 0.29) is 6.04 Å². The maximum absolute atomic E-state index is 5.92. The Morgan fingerprint density at radius 1 is 1.50 bits per heavy atom. The standard InChI is InChI=1S/C12H15ClN4S/c1-8(14-7-9-4-5-10(13)18-9)12-16-15-11-3-2-6-17(11)12/h4-5,8,14H,2-3,6-7H2,1H3. The second-order valence-corrected chi connectivity index (χ2v) is 6.34. The Hall–Kier alpha value is -0.910. The van der Waals surface area contributed by atoms with Crippen molar-refractivity contribution in [2.45, 2.75) is 38.9 Å². The van der Waals surface area contributed by atoms with Crippen molar-refractivity contribution in [3.05, 3.63) is 33.0 Å². The van der Waals surface area contributed by atoms with Crippen LogP contribution in [0.15, 0.2) is 12.1 Å². The van der Waals surface area contributed by atoms with Gasteiger partial charge in [-0.05, 0) is 25.5 Å². The Morgan fingerprint density at radius 3 is 3.17 bits per heavy atom. The van der Waals surface area contributed by atoms with E-state index in [0.717, 1.165) is 35.5 Å². The molecule has 3 rings (SSSR count). The predicted octanol–water partition coefficient (Wildman–Crippen LogP) is 2.79. The van der Waals surface area contributed by atoms with Crippen molar-refractivity contribution in [1.29, 1.82) is 0 Å². The molecule has 0 amide bonds. The number of rotatable bonds is 4. The van der Waals surface area contributed by atoms with Crippen LogP contribution in [0.2, 0.25) is 4.34 Å². The van der Waals surface area contributed by atoms with E-state index >= 15 is 0 Å². The number of hydrogen-bond donors (Lipinski definition) is 1. The highest BCUT2D eigenvalue weighted by atomic mass is 35.5. The highest BCUT2D eigenvalue weighted by Gasteiger charge is 2.20. The quantitative estimate of drug-likeness (QED) is 0.938. The molecule has 1 aliphatic heterocycles. The summed E-state index contributed by atoms with van der Waals surface area (Å²) in [5.41, 5.74) is 0. The van der Waals surface area contributed by atoms with Crippen LogP contribution in [0.25, 0.3) is 0 Å². The molecule has 18 heavy (non-hydrogen) atoms. The third-order valence-electron chi connectivity index (χ3n) is 3.24. The molecular weight excluding hydrogens is 268 g/mol. The first-order chi connectivity index (χ1) is 8.74. The summed E-state index contributed by atoms with van der Waals surface area (Å²) in [6, 6.07) is 4.20. The molecule has 0 aromatic carbocycles. The van der Waals surface area contributed by atoms with Crippen LogP contribution in [0.3, 0.4) is 0 Å². The van der Waals surface area contributed by atoms with Gasteiger partial charge in [-0.2, -0.15) is 0 Å². The number of fused-ring (bicyclic) bond motifs is 1. The fourth-order valence-electron chi connectivity index (χ4n) is 2.29. The lowest BCUT2D eigenvalue weighted by Gasteiger charge is -2.12. The Balaban J connectivity index is 1.66. The van der Waals surface area contributed by atoms with Gasteiger partial charge in [-0.15, -0.1) is 21.5 Å². The maximum atomic E-state index is 5.92. The van der Waals surface area contributed by atoms with Crippen LogP contribution in [-0.4, -0.2) is 14.8 Å². The molecular formula is C12H15ClN4S. The minimum atomic E-state index is 0.213. The molecule has 1 atom stereocenters. The maximum Gasteiger partial charge on any atom is 0.149 e. The highest BCUT2D eigenvalue weighted by molar-refractivity contribution is 7.16. The third kappa shape index (κ3) is 2.30. The summed E-state index contributed by atoms with van der Waals surface area (Å²) in [5.74, 6) is 2.17. The van der Waals surface area contributed by atoms with Crippen molar-refractivity contribution >= 4 is 22.9 Å². The molecule has 1 aliphatic rings. The molecule has 3 heterocycles. The zero-order valence-electron chi connectivity index (χ0n) is 10.2.